The van der Waals surface area contributed by atoms with Crippen molar-refractivity contribution in [3.63, 3.8) is 0 Å². The number of aliphatic hydroxyl groups is 1. The Bertz CT molecular complexity index is 175. The lowest BCUT2D eigenvalue weighted by Gasteiger charge is -2.29. The highest BCUT2D eigenvalue weighted by molar-refractivity contribution is 6.67. The Balaban J connectivity index is 2.21. The first-order valence-corrected chi connectivity index (χ1v) is 8.00. The molecule has 0 amide bonds. The van der Waals surface area contributed by atoms with Crippen LogP contribution in [0.4, 0.5) is 0 Å². The van der Waals surface area contributed by atoms with Crippen LogP contribution in [0.5, 0.6) is 0 Å². The molecule has 1 saturated heterocycles. The lowest BCUT2D eigenvalue weighted by Crippen LogP contribution is -2.45. The molecule has 16 heavy (non-hydrogen) atoms. The molecule has 6 heteroatoms. The summed E-state index contributed by atoms with van der Waals surface area (Å²) < 4.78 is 16.0. The summed E-state index contributed by atoms with van der Waals surface area (Å²) in [5, 5.41) is 9.29. The average Bonchev–Trinajstić information content (AvgIpc) is 2.37. The van der Waals surface area contributed by atoms with E-state index in [2.05, 4.69) is 4.90 Å². The summed E-state index contributed by atoms with van der Waals surface area (Å²) in [6.07, 6.45) is 1.04. The Morgan fingerprint density at radius 2 is 1.88 bits per heavy atom. The van der Waals surface area contributed by atoms with Crippen LogP contribution in [-0.2, 0) is 13.6 Å². The second kappa shape index (κ2) is 7.36. The van der Waals surface area contributed by atoms with Crippen molar-refractivity contribution in [3.8, 4) is 0 Å². The molecule has 1 aliphatic heterocycles. The molecule has 0 aromatic rings. The van der Waals surface area contributed by atoms with Crippen molar-refractivity contribution < 1.29 is 18.7 Å². The number of hydrogen-bond donors (Lipinski definition) is 1. The minimum Gasteiger partial charge on any atom is -0.396 e. The van der Waals surface area contributed by atoms with Crippen molar-refractivity contribution in [1.82, 2.24) is 4.90 Å². The highest BCUT2D eigenvalue weighted by atomic mass is 28.4. The SMILES string of the molecule is CO[Si](CO)(CCCN1CCOCC1)OC. The van der Waals surface area contributed by atoms with Gasteiger partial charge < -0.3 is 18.7 Å². The third-order valence-electron chi connectivity index (χ3n) is 3.12. The van der Waals surface area contributed by atoms with Crippen LogP contribution in [0.2, 0.25) is 6.04 Å². The molecule has 1 aliphatic rings. The second-order valence-electron chi connectivity index (χ2n) is 4.03. The Kier molecular flexibility index (Phi) is 6.48. The van der Waals surface area contributed by atoms with E-state index in [1.165, 1.54) is 0 Å². The summed E-state index contributed by atoms with van der Waals surface area (Å²) in [6, 6.07) is 0.841. The van der Waals surface area contributed by atoms with E-state index in [0.29, 0.717) is 0 Å². The zero-order chi connectivity index (χ0) is 11.9. The minimum absolute atomic E-state index is 0.0309. The van der Waals surface area contributed by atoms with Crippen LogP contribution in [-0.4, -0.2) is 71.9 Å². The lowest BCUT2D eigenvalue weighted by molar-refractivity contribution is 0.0376. The van der Waals surface area contributed by atoms with Gasteiger partial charge in [-0.15, -0.1) is 0 Å². The molecule has 0 aliphatic carbocycles. The summed E-state index contributed by atoms with van der Waals surface area (Å²) in [6.45, 7) is 4.71. The largest absolute Gasteiger partial charge is 0.396 e. The molecular weight excluding hydrogens is 226 g/mol. The molecule has 0 bridgehead atoms. The van der Waals surface area contributed by atoms with E-state index >= 15 is 0 Å². The van der Waals surface area contributed by atoms with Gasteiger partial charge in [0.15, 0.2) is 0 Å². The van der Waals surface area contributed by atoms with E-state index in [-0.39, 0.29) is 6.23 Å². The smallest absolute Gasteiger partial charge is 0.364 e. The summed E-state index contributed by atoms with van der Waals surface area (Å²) in [4.78, 5) is 2.38. The Morgan fingerprint density at radius 1 is 1.25 bits per heavy atom. The number of aliphatic hydroxyl groups excluding tert-OH is 1. The van der Waals surface area contributed by atoms with Gasteiger partial charge in [-0.3, -0.25) is 4.90 Å². The molecule has 0 spiro atoms. The first kappa shape index (κ1) is 14.1. The third kappa shape index (κ3) is 4.12. The van der Waals surface area contributed by atoms with Gasteiger partial charge >= 0.3 is 8.56 Å². The number of nitrogens with zero attached hydrogens (tertiary/aromatic N) is 1. The minimum atomic E-state index is -2.30. The Morgan fingerprint density at radius 3 is 2.38 bits per heavy atom. The number of hydrogen-bond acceptors (Lipinski definition) is 5. The van der Waals surface area contributed by atoms with Crippen LogP contribution in [0.25, 0.3) is 0 Å². The Hall–Kier alpha value is 0.0169. The molecule has 0 aromatic carbocycles. The molecule has 0 radical (unpaired) electrons. The maximum atomic E-state index is 9.29. The highest BCUT2D eigenvalue weighted by Crippen LogP contribution is 2.14. The molecule has 5 nitrogen and oxygen atoms in total. The van der Waals surface area contributed by atoms with Gasteiger partial charge in [0.05, 0.1) is 19.4 Å². The predicted octanol–water partition coefficient (Wildman–Crippen LogP) is -0.0248. The number of ether oxygens (including phenoxy) is 1. The van der Waals surface area contributed by atoms with E-state index in [0.717, 1.165) is 45.3 Å². The third-order valence-corrected chi connectivity index (χ3v) is 6.21. The van der Waals surface area contributed by atoms with E-state index in [9.17, 15) is 5.11 Å². The zero-order valence-electron chi connectivity index (χ0n) is 10.3. The topological polar surface area (TPSA) is 51.2 Å². The van der Waals surface area contributed by atoms with Crippen molar-refractivity contribution in [2.24, 2.45) is 0 Å². The van der Waals surface area contributed by atoms with Crippen LogP contribution in [0.1, 0.15) is 6.42 Å². The molecule has 96 valence electrons. The van der Waals surface area contributed by atoms with Crippen molar-refractivity contribution in [2.75, 3.05) is 53.3 Å². The van der Waals surface area contributed by atoms with Gasteiger partial charge in [0.25, 0.3) is 0 Å². The lowest BCUT2D eigenvalue weighted by atomic mass is 10.3. The van der Waals surface area contributed by atoms with E-state index in [1.54, 1.807) is 14.2 Å². The molecule has 1 rings (SSSR count). The summed E-state index contributed by atoms with van der Waals surface area (Å²) in [7, 11) is 0.947. The van der Waals surface area contributed by atoms with Crippen molar-refractivity contribution in [2.45, 2.75) is 12.5 Å². The summed E-state index contributed by atoms with van der Waals surface area (Å²) in [5.74, 6) is 0. The van der Waals surface area contributed by atoms with Crippen LogP contribution in [0.3, 0.4) is 0 Å². The summed E-state index contributed by atoms with van der Waals surface area (Å²) >= 11 is 0. The molecule has 1 N–H and O–H groups in total. The van der Waals surface area contributed by atoms with Crippen LogP contribution >= 0.6 is 0 Å². The van der Waals surface area contributed by atoms with Crippen molar-refractivity contribution >= 4 is 8.56 Å². The van der Waals surface area contributed by atoms with Gasteiger partial charge in [-0.05, 0) is 19.0 Å². The fourth-order valence-corrected chi connectivity index (χ4v) is 3.58. The monoisotopic (exact) mass is 249 g/mol. The van der Waals surface area contributed by atoms with E-state index in [4.69, 9.17) is 13.6 Å². The second-order valence-corrected chi connectivity index (χ2v) is 7.49. The van der Waals surface area contributed by atoms with Crippen molar-refractivity contribution in [1.29, 1.82) is 0 Å². The molecule has 0 aromatic heterocycles. The standard InChI is InChI=1S/C10H23NO4Si/c1-13-16(10-12,14-2)9-3-4-11-5-7-15-8-6-11/h12H,3-10H2,1-2H3. The zero-order valence-corrected chi connectivity index (χ0v) is 11.3. The molecular formula is C10H23NO4Si. The summed E-state index contributed by atoms with van der Waals surface area (Å²) in [5.41, 5.74) is 0. The number of morpholine rings is 1. The fraction of sp³-hybridized carbons (Fsp3) is 1.00. The molecule has 1 heterocycles. The van der Waals surface area contributed by atoms with Gasteiger partial charge in [-0.25, -0.2) is 0 Å². The highest BCUT2D eigenvalue weighted by Gasteiger charge is 2.34. The van der Waals surface area contributed by atoms with Gasteiger partial charge in [-0.1, -0.05) is 0 Å². The van der Waals surface area contributed by atoms with E-state index < -0.39 is 8.56 Å². The molecule has 1 fully saturated rings. The average molecular weight is 249 g/mol. The van der Waals surface area contributed by atoms with Gasteiger partial charge in [-0.2, -0.15) is 0 Å². The van der Waals surface area contributed by atoms with Crippen LogP contribution < -0.4 is 0 Å². The van der Waals surface area contributed by atoms with Crippen LogP contribution in [0, 0.1) is 0 Å². The van der Waals surface area contributed by atoms with Gasteiger partial charge in [0.2, 0.25) is 0 Å². The van der Waals surface area contributed by atoms with Gasteiger partial charge in [0.1, 0.15) is 0 Å². The first-order valence-electron chi connectivity index (χ1n) is 5.77. The molecule has 0 saturated carbocycles. The van der Waals surface area contributed by atoms with Crippen molar-refractivity contribution in [3.05, 3.63) is 0 Å². The molecule has 0 atom stereocenters. The van der Waals surface area contributed by atoms with E-state index in [1.807, 2.05) is 0 Å². The molecule has 0 unspecified atom stereocenters. The Labute approximate surface area is 98.5 Å². The van der Waals surface area contributed by atoms with Gasteiger partial charge in [0, 0.05) is 27.3 Å². The maximum absolute atomic E-state index is 9.29. The first-order chi connectivity index (χ1) is 7.76. The number of rotatable bonds is 7. The maximum Gasteiger partial charge on any atom is 0.364 e. The quantitative estimate of drug-likeness (QED) is 0.643. The normalized spacial score (nSPS) is 18.9. The van der Waals surface area contributed by atoms with Crippen LogP contribution in [0.15, 0.2) is 0 Å². The fourth-order valence-electron chi connectivity index (χ4n) is 1.89. The predicted molar refractivity (Wildman–Crippen MR) is 63.5 cm³/mol.